The molecular formula is C23H18F5NO5. The van der Waals surface area contributed by atoms with E-state index in [1.165, 1.54) is 6.92 Å². The van der Waals surface area contributed by atoms with E-state index in [4.69, 9.17) is 0 Å². The lowest BCUT2D eigenvalue weighted by atomic mass is 9.72. The van der Waals surface area contributed by atoms with Crippen LogP contribution in [-0.2, 0) is 4.79 Å². The van der Waals surface area contributed by atoms with Crippen molar-refractivity contribution >= 4 is 22.8 Å². The summed E-state index contributed by atoms with van der Waals surface area (Å²) < 4.78 is 71.2. The molecule has 11 heteroatoms. The highest BCUT2D eigenvalue weighted by Gasteiger charge is 2.39. The van der Waals surface area contributed by atoms with E-state index >= 15 is 4.39 Å². The number of nitrogens with zero attached hydrogens (tertiary/aromatic N) is 1. The van der Waals surface area contributed by atoms with Crippen LogP contribution < -0.4 is 4.74 Å². The Morgan fingerprint density at radius 3 is 2.26 bits per heavy atom. The van der Waals surface area contributed by atoms with Crippen LogP contribution in [0.4, 0.5) is 22.0 Å². The second-order valence-corrected chi connectivity index (χ2v) is 8.13. The van der Waals surface area contributed by atoms with Crippen LogP contribution in [0.1, 0.15) is 46.8 Å². The van der Waals surface area contributed by atoms with Crippen molar-refractivity contribution in [2.75, 3.05) is 0 Å². The number of ether oxygens (including phenoxy) is 1. The molecule has 1 aliphatic carbocycles. The number of phenols is 1. The lowest BCUT2D eigenvalue weighted by Gasteiger charge is -2.31. The van der Waals surface area contributed by atoms with Crippen molar-refractivity contribution in [2.24, 2.45) is 5.92 Å². The Bertz CT molecular complexity index is 1290. The summed E-state index contributed by atoms with van der Waals surface area (Å²) in [5.41, 5.74) is -0.457. The second kappa shape index (κ2) is 8.30. The fourth-order valence-electron chi connectivity index (χ4n) is 4.42. The van der Waals surface area contributed by atoms with Crippen molar-refractivity contribution in [1.82, 2.24) is 4.57 Å². The van der Waals surface area contributed by atoms with Crippen LogP contribution >= 0.6 is 0 Å². The molecule has 1 unspecified atom stereocenters. The number of aliphatic carboxylic acids is 1. The van der Waals surface area contributed by atoms with E-state index in [0.29, 0.717) is 12.8 Å². The predicted molar refractivity (Wildman–Crippen MR) is 109 cm³/mol. The van der Waals surface area contributed by atoms with Crippen molar-refractivity contribution in [3.8, 4) is 11.5 Å². The second-order valence-electron chi connectivity index (χ2n) is 8.13. The van der Waals surface area contributed by atoms with Crippen LogP contribution in [-0.4, -0.2) is 33.0 Å². The maximum Gasteiger partial charge on any atom is 0.573 e. The number of carbonyl (C=O) groups is 2. The molecule has 1 atom stereocenters. The van der Waals surface area contributed by atoms with Gasteiger partial charge in [0.15, 0.2) is 17.4 Å². The zero-order valence-electron chi connectivity index (χ0n) is 17.6. The molecule has 180 valence electrons. The third-order valence-corrected chi connectivity index (χ3v) is 6.14. The number of phenolic OH excluding ortho intramolecular Hbond substituents is 1. The highest BCUT2D eigenvalue weighted by atomic mass is 19.4. The van der Waals surface area contributed by atoms with Crippen LogP contribution in [0.5, 0.6) is 11.5 Å². The maximum atomic E-state index is 15.1. The van der Waals surface area contributed by atoms with E-state index in [9.17, 15) is 37.4 Å². The van der Waals surface area contributed by atoms with Gasteiger partial charge in [-0.3, -0.25) is 14.2 Å². The van der Waals surface area contributed by atoms with Gasteiger partial charge in [-0.2, -0.15) is 0 Å². The van der Waals surface area contributed by atoms with E-state index < -0.39 is 47.3 Å². The largest absolute Gasteiger partial charge is 0.573 e. The number of alkyl halides is 3. The lowest BCUT2D eigenvalue weighted by molar-refractivity contribution is -0.274. The first-order valence-corrected chi connectivity index (χ1v) is 10.3. The first-order valence-electron chi connectivity index (χ1n) is 10.3. The molecule has 0 bridgehead atoms. The molecule has 1 fully saturated rings. The number of carboxylic acid groups (broad SMARTS) is 1. The van der Waals surface area contributed by atoms with Gasteiger partial charge in [-0.1, -0.05) is 6.42 Å². The van der Waals surface area contributed by atoms with Crippen molar-refractivity contribution in [3.05, 3.63) is 58.8 Å². The highest BCUT2D eigenvalue weighted by Crippen LogP contribution is 2.46. The van der Waals surface area contributed by atoms with E-state index in [0.717, 1.165) is 41.3 Å². The van der Waals surface area contributed by atoms with Crippen molar-refractivity contribution < 1.29 is 46.5 Å². The highest BCUT2D eigenvalue weighted by molar-refractivity contribution is 6.05. The Balaban J connectivity index is 1.90. The third-order valence-electron chi connectivity index (χ3n) is 6.14. The molecular weight excluding hydrogens is 465 g/mol. The van der Waals surface area contributed by atoms with Crippen molar-refractivity contribution in [1.29, 1.82) is 0 Å². The number of halogens is 5. The maximum absolute atomic E-state index is 15.1. The van der Waals surface area contributed by atoms with E-state index in [1.54, 1.807) is 0 Å². The third kappa shape index (κ3) is 3.95. The molecule has 0 spiro atoms. The minimum absolute atomic E-state index is 0.0267. The van der Waals surface area contributed by atoms with Gasteiger partial charge in [0, 0.05) is 22.7 Å². The molecule has 3 aromatic rings. The summed E-state index contributed by atoms with van der Waals surface area (Å²) in [6, 6.07) is 4.63. The number of benzene rings is 2. The Hall–Kier alpha value is -3.63. The molecule has 1 saturated carbocycles. The molecule has 2 N–H and O–H groups in total. The number of carboxylic acids is 1. The summed E-state index contributed by atoms with van der Waals surface area (Å²) in [4.78, 5) is 25.4. The Kier molecular flexibility index (Phi) is 5.74. The topological polar surface area (TPSA) is 88.8 Å². The van der Waals surface area contributed by atoms with Gasteiger partial charge < -0.3 is 14.9 Å². The SMILES string of the molecule is Cc1c(C(C(=O)O)C2CCC2)c2c(F)c(O)c(F)cc2n1C(=O)c1ccc(OC(F)(F)F)cc1. The van der Waals surface area contributed by atoms with Gasteiger partial charge in [0.2, 0.25) is 0 Å². The summed E-state index contributed by atoms with van der Waals surface area (Å²) >= 11 is 0. The molecule has 0 amide bonds. The molecule has 6 nitrogen and oxygen atoms in total. The summed E-state index contributed by atoms with van der Waals surface area (Å²) in [6.45, 7) is 1.37. The Morgan fingerprint density at radius 2 is 1.76 bits per heavy atom. The number of aromatic nitrogens is 1. The average Bonchev–Trinajstić information content (AvgIpc) is 2.99. The normalized spacial score (nSPS) is 15.2. The summed E-state index contributed by atoms with van der Waals surface area (Å²) in [5.74, 6) is -8.26. The van der Waals surface area contributed by atoms with Crippen LogP contribution in [0, 0.1) is 24.5 Å². The predicted octanol–water partition coefficient (Wildman–Crippen LogP) is 5.49. The Labute approximate surface area is 189 Å². The first-order chi connectivity index (χ1) is 15.9. The van der Waals surface area contributed by atoms with Crippen LogP contribution in [0.3, 0.4) is 0 Å². The van der Waals surface area contributed by atoms with Crippen LogP contribution in [0.2, 0.25) is 0 Å². The molecule has 0 radical (unpaired) electrons. The summed E-state index contributed by atoms with van der Waals surface area (Å²) in [5, 5.41) is 19.3. The van der Waals surface area contributed by atoms with E-state index in [1.807, 2.05) is 0 Å². The minimum atomic E-state index is -4.93. The fourth-order valence-corrected chi connectivity index (χ4v) is 4.42. The van der Waals surface area contributed by atoms with Gasteiger partial charge in [-0.15, -0.1) is 13.2 Å². The van der Waals surface area contributed by atoms with Gasteiger partial charge >= 0.3 is 12.3 Å². The molecule has 2 aromatic carbocycles. The molecule has 1 aliphatic rings. The van der Waals surface area contributed by atoms with Crippen LogP contribution in [0.15, 0.2) is 30.3 Å². The number of hydrogen-bond donors (Lipinski definition) is 2. The number of hydrogen-bond acceptors (Lipinski definition) is 4. The van der Waals surface area contributed by atoms with Crippen LogP contribution in [0.25, 0.3) is 10.9 Å². The smallest absolute Gasteiger partial charge is 0.503 e. The zero-order chi connectivity index (χ0) is 24.9. The number of aromatic hydroxyl groups is 1. The molecule has 34 heavy (non-hydrogen) atoms. The zero-order valence-corrected chi connectivity index (χ0v) is 17.6. The fraction of sp³-hybridized carbons (Fsp3) is 0.304. The number of fused-ring (bicyclic) bond motifs is 1. The minimum Gasteiger partial charge on any atom is -0.503 e. The molecule has 1 heterocycles. The van der Waals surface area contributed by atoms with E-state index in [2.05, 4.69) is 4.74 Å². The lowest BCUT2D eigenvalue weighted by Crippen LogP contribution is -2.27. The molecule has 1 aromatic heterocycles. The monoisotopic (exact) mass is 483 g/mol. The molecule has 0 aliphatic heterocycles. The quantitative estimate of drug-likeness (QED) is 0.469. The van der Waals surface area contributed by atoms with Crippen molar-refractivity contribution in [3.63, 3.8) is 0 Å². The van der Waals surface area contributed by atoms with Crippen molar-refractivity contribution in [2.45, 2.75) is 38.5 Å². The first kappa shape index (κ1) is 23.5. The number of carbonyl (C=O) groups excluding carboxylic acids is 1. The Morgan fingerprint density at radius 1 is 1.15 bits per heavy atom. The van der Waals surface area contributed by atoms with Gasteiger partial charge in [0.1, 0.15) is 5.75 Å². The summed E-state index contributed by atoms with van der Waals surface area (Å²) in [6.07, 6.45) is -3.03. The summed E-state index contributed by atoms with van der Waals surface area (Å²) in [7, 11) is 0. The molecule has 0 saturated heterocycles. The molecule has 4 rings (SSSR count). The number of rotatable bonds is 5. The van der Waals surface area contributed by atoms with Gasteiger partial charge in [-0.25, -0.2) is 8.78 Å². The standard InChI is InChI=1S/C23H18F5NO5/c1-10-16(17(22(32)33)11-3-2-4-11)18-15(9-14(24)20(30)19(18)25)29(10)21(31)12-5-7-13(8-6-12)34-23(26,27)28/h5-9,11,17,30H,2-4H2,1H3,(H,32,33). The van der Waals surface area contributed by atoms with Gasteiger partial charge in [0.05, 0.1) is 11.4 Å². The average molecular weight is 483 g/mol. The van der Waals surface area contributed by atoms with E-state index in [-0.39, 0.29) is 33.6 Å². The van der Waals surface area contributed by atoms with Gasteiger partial charge in [0.25, 0.3) is 5.91 Å². The van der Waals surface area contributed by atoms with Gasteiger partial charge in [-0.05, 0) is 55.5 Å².